The minimum atomic E-state index is -2.70. The molecule has 2 saturated heterocycles. The summed E-state index contributed by atoms with van der Waals surface area (Å²) in [6, 6.07) is 6.94. The molecule has 36 heavy (non-hydrogen) atoms. The number of nitrogens with zero attached hydrogens (tertiary/aromatic N) is 6. The molecule has 4 heterocycles. The van der Waals surface area contributed by atoms with E-state index in [0.717, 1.165) is 31.4 Å². The maximum Gasteiger partial charge on any atom is 0.280 e. The van der Waals surface area contributed by atoms with Gasteiger partial charge >= 0.3 is 0 Å². The second-order valence-electron chi connectivity index (χ2n) is 8.85. The molecule has 3 aromatic rings. The molecule has 0 spiro atoms. The Bertz CT molecular complexity index is 1210. The van der Waals surface area contributed by atoms with Crippen molar-refractivity contribution >= 4 is 57.9 Å². The van der Waals surface area contributed by atoms with E-state index in [-0.39, 0.29) is 75.9 Å². The number of aromatic nitrogens is 4. The van der Waals surface area contributed by atoms with Crippen LogP contribution in [0.15, 0.2) is 30.6 Å². The highest BCUT2D eigenvalue weighted by Crippen LogP contribution is 2.45. The Kier molecular flexibility index (Phi) is 9.88. The number of halogens is 2. The topological polar surface area (TPSA) is 75.9 Å². The zero-order valence-electron chi connectivity index (χ0n) is 20.3. The molecule has 0 aliphatic carbocycles. The molecule has 3 atom stereocenters. The number of hydrogen-bond donors (Lipinski definition) is 0. The van der Waals surface area contributed by atoms with E-state index in [1.807, 2.05) is 36.0 Å². The average molecular weight is 559 g/mol. The summed E-state index contributed by atoms with van der Waals surface area (Å²) in [6.07, 6.45) is 1.93. The van der Waals surface area contributed by atoms with E-state index in [1.54, 1.807) is 13.2 Å². The molecule has 0 saturated carbocycles. The summed E-state index contributed by atoms with van der Waals surface area (Å²) in [5, 5.41) is 4.23. The average Bonchev–Trinajstić information content (AvgIpc) is 3.40. The Balaban J connectivity index is 0.00000152. The van der Waals surface area contributed by atoms with E-state index >= 15 is 0 Å². The van der Waals surface area contributed by atoms with Crippen molar-refractivity contribution in [2.45, 2.75) is 50.1 Å². The number of benzene rings is 1. The smallest absolute Gasteiger partial charge is 0.280 e. The molecule has 2 bridgehead atoms. The minimum absolute atomic E-state index is 0. The van der Waals surface area contributed by atoms with E-state index in [4.69, 9.17) is 4.74 Å². The molecule has 1 aromatic carbocycles. The standard InChI is InChI=1S/C23H26F2N6O2.3H2S/c1-29(2)18-8-4-13(10-20(18)33-3)22(32)30-14-5-7-15(17(30)9-6-14)19-11-16(21(24)25)28-23-26-12-27-31(19)23;;;/h4,8,10-12,14-15,17,21H,5-7,9H2,1-3H3;3*1H2/t14-,15-,17-;;;/m0.../s1. The monoisotopic (exact) mass is 558 g/mol. The number of anilines is 1. The molecule has 0 N–H and O–H groups in total. The summed E-state index contributed by atoms with van der Waals surface area (Å²) in [6.45, 7) is 0. The van der Waals surface area contributed by atoms with Crippen LogP contribution in [0.2, 0.25) is 0 Å². The van der Waals surface area contributed by atoms with Crippen LogP contribution in [0.4, 0.5) is 14.5 Å². The van der Waals surface area contributed by atoms with E-state index in [1.165, 1.54) is 16.9 Å². The highest BCUT2D eigenvalue weighted by molar-refractivity contribution is 7.59. The number of methoxy groups -OCH3 is 1. The van der Waals surface area contributed by atoms with Crippen LogP contribution in [-0.2, 0) is 0 Å². The van der Waals surface area contributed by atoms with Gasteiger partial charge in [0.25, 0.3) is 18.1 Å². The lowest BCUT2D eigenvalue weighted by molar-refractivity contribution is 0.0553. The lowest BCUT2D eigenvalue weighted by Crippen LogP contribution is -2.47. The summed E-state index contributed by atoms with van der Waals surface area (Å²) in [5.74, 6) is 0.603. The molecule has 0 unspecified atom stereocenters. The number of amides is 1. The summed E-state index contributed by atoms with van der Waals surface area (Å²) in [7, 11) is 5.43. The first-order valence-corrected chi connectivity index (χ1v) is 11.1. The van der Waals surface area contributed by atoms with E-state index < -0.39 is 6.43 Å². The van der Waals surface area contributed by atoms with E-state index in [2.05, 4.69) is 15.1 Å². The van der Waals surface area contributed by atoms with Crippen molar-refractivity contribution in [2.24, 2.45) is 0 Å². The van der Waals surface area contributed by atoms with E-state index in [0.29, 0.717) is 17.0 Å². The molecule has 2 aliphatic rings. The lowest BCUT2D eigenvalue weighted by atomic mass is 9.86. The number of carbonyl (C=O) groups excluding carboxylic acids is 1. The van der Waals surface area contributed by atoms with Crippen molar-refractivity contribution in [3.8, 4) is 5.75 Å². The normalized spacial score (nSPS) is 20.4. The van der Waals surface area contributed by atoms with Gasteiger partial charge in [-0.25, -0.2) is 18.3 Å². The van der Waals surface area contributed by atoms with Crippen LogP contribution in [0.5, 0.6) is 5.75 Å². The largest absolute Gasteiger partial charge is 0.495 e. The maximum atomic E-state index is 13.7. The number of carbonyl (C=O) groups is 1. The third kappa shape index (κ3) is 5.10. The molecular weight excluding hydrogens is 526 g/mol. The van der Waals surface area contributed by atoms with Crippen molar-refractivity contribution in [1.29, 1.82) is 0 Å². The first-order valence-electron chi connectivity index (χ1n) is 11.1. The Morgan fingerprint density at radius 2 is 1.83 bits per heavy atom. The van der Waals surface area contributed by atoms with Crippen molar-refractivity contribution in [1.82, 2.24) is 24.5 Å². The fraction of sp³-hybridized carbons (Fsp3) is 0.478. The maximum absolute atomic E-state index is 13.7. The number of fused-ring (bicyclic) bond motifs is 3. The summed E-state index contributed by atoms with van der Waals surface area (Å²) in [4.78, 5) is 25.5. The van der Waals surface area contributed by atoms with Gasteiger partial charge in [-0.15, -0.1) is 0 Å². The molecule has 2 fully saturated rings. The highest BCUT2D eigenvalue weighted by Gasteiger charge is 2.46. The van der Waals surface area contributed by atoms with Crippen LogP contribution >= 0.6 is 40.5 Å². The van der Waals surface area contributed by atoms with Crippen LogP contribution in [-0.4, -0.2) is 63.7 Å². The van der Waals surface area contributed by atoms with Crippen LogP contribution < -0.4 is 9.64 Å². The van der Waals surface area contributed by atoms with Crippen molar-refractivity contribution in [3.05, 3.63) is 47.5 Å². The highest BCUT2D eigenvalue weighted by atomic mass is 32.1. The van der Waals surface area contributed by atoms with Gasteiger partial charge in [-0.1, -0.05) is 0 Å². The molecule has 13 heteroatoms. The quantitative estimate of drug-likeness (QED) is 0.471. The van der Waals surface area contributed by atoms with Gasteiger partial charge in [-0.05, 0) is 49.9 Å². The first-order chi connectivity index (χ1) is 15.9. The second kappa shape index (κ2) is 11.9. The van der Waals surface area contributed by atoms with Crippen molar-refractivity contribution < 1.29 is 18.3 Å². The number of piperidine rings is 1. The van der Waals surface area contributed by atoms with Gasteiger partial charge in [-0.2, -0.15) is 50.6 Å². The molecule has 5 rings (SSSR count). The Labute approximate surface area is 229 Å². The third-order valence-electron chi connectivity index (χ3n) is 6.87. The molecule has 8 nitrogen and oxygen atoms in total. The molecular formula is C23H32F2N6O2S3. The molecule has 198 valence electrons. The van der Waals surface area contributed by atoms with E-state index in [9.17, 15) is 13.6 Å². The van der Waals surface area contributed by atoms with Gasteiger partial charge in [0.2, 0.25) is 0 Å². The summed E-state index contributed by atoms with van der Waals surface area (Å²) < 4.78 is 34.1. The summed E-state index contributed by atoms with van der Waals surface area (Å²) in [5.41, 5.74) is 1.77. The van der Waals surface area contributed by atoms with Gasteiger partial charge in [0.15, 0.2) is 0 Å². The third-order valence-corrected chi connectivity index (χ3v) is 6.87. The van der Waals surface area contributed by atoms with Crippen molar-refractivity contribution in [3.63, 3.8) is 0 Å². The molecule has 1 amide bonds. The zero-order valence-corrected chi connectivity index (χ0v) is 23.3. The Morgan fingerprint density at radius 1 is 1.11 bits per heavy atom. The molecule has 2 aliphatic heterocycles. The van der Waals surface area contributed by atoms with Crippen molar-refractivity contribution in [2.75, 3.05) is 26.1 Å². The van der Waals surface area contributed by atoms with Crippen LogP contribution in [0.25, 0.3) is 5.78 Å². The molecule has 0 radical (unpaired) electrons. The number of rotatable bonds is 5. The zero-order chi connectivity index (χ0) is 23.3. The predicted molar refractivity (Wildman–Crippen MR) is 149 cm³/mol. The second-order valence-corrected chi connectivity index (χ2v) is 8.85. The van der Waals surface area contributed by atoms with Crippen LogP contribution in [0, 0.1) is 0 Å². The predicted octanol–water partition coefficient (Wildman–Crippen LogP) is 4.03. The van der Waals surface area contributed by atoms with Crippen LogP contribution in [0.1, 0.15) is 59.8 Å². The lowest BCUT2D eigenvalue weighted by Gasteiger charge is -2.40. The minimum Gasteiger partial charge on any atom is -0.495 e. The van der Waals surface area contributed by atoms with Gasteiger partial charge < -0.3 is 14.5 Å². The SMILES string of the molecule is COc1cc(C(=O)N2[C@H]3CC[C@H](c4cc(C(F)F)nc5ncnn45)[C@@H]2CC3)ccc1N(C)C.S.S.S. The van der Waals surface area contributed by atoms with Gasteiger partial charge in [0.1, 0.15) is 17.8 Å². The fourth-order valence-electron chi connectivity index (χ4n) is 5.38. The van der Waals surface area contributed by atoms with Gasteiger partial charge in [0.05, 0.1) is 18.5 Å². The molecule has 2 aromatic heterocycles. The first kappa shape index (κ1) is 30.0. The number of alkyl halides is 2. The number of hydrogen-bond acceptors (Lipinski definition) is 6. The van der Waals surface area contributed by atoms with Gasteiger partial charge in [-0.3, -0.25) is 4.79 Å². The van der Waals surface area contributed by atoms with Gasteiger partial charge in [0, 0.05) is 37.7 Å². The summed E-state index contributed by atoms with van der Waals surface area (Å²) >= 11 is 0. The number of ether oxygens (including phenoxy) is 1. The van der Waals surface area contributed by atoms with Crippen LogP contribution in [0.3, 0.4) is 0 Å². The Hall–Kier alpha value is -2.25. The Morgan fingerprint density at radius 3 is 2.50 bits per heavy atom. The fourth-order valence-corrected chi connectivity index (χ4v) is 5.38.